The maximum absolute atomic E-state index is 11.3. The Hall–Kier alpha value is -1.84. The highest BCUT2D eigenvalue weighted by Crippen LogP contribution is 2.18. The highest BCUT2D eigenvalue weighted by atomic mass is 16.5. The summed E-state index contributed by atoms with van der Waals surface area (Å²) < 4.78 is 9.47. The van der Waals surface area contributed by atoms with Gasteiger partial charge in [0, 0.05) is 6.42 Å². The molecule has 0 N–H and O–H groups in total. The SMILES string of the molecule is COC(=O)c1ccc2c(c1)CCOC2=O. The number of fused-ring (bicyclic) bond motifs is 1. The van der Waals surface area contributed by atoms with Gasteiger partial charge in [-0.1, -0.05) is 0 Å². The number of ether oxygens (including phenoxy) is 2. The smallest absolute Gasteiger partial charge is 0.338 e. The van der Waals surface area contributed by atoms with Crippen LogP contribution < -0.4 is 0 Å². The molecule has 0 spiro atoms. The fourth-order valence-electron chi connectivity index (χ4n) is 1.58. The Bertz CT molecular complexity index is 423. The topological polar surface area (TPSA) is 52.6 Å². The second-order valence-electron chi connectivity index (χ2n) is 3.25. The Kier molecular flexibility index (Phi) is 2.41. The molecule has 0 unspecified atom stereocenters. The Morgan fingerprint density at radius 3 is 3.00 bits per heavy atom. The van der Waals surface area contributed by atoms with Gasteiger partial charge in [-0.3, -0.25) is 0 Å². The number of carbonyl (C=O) groups excluding carboxylic acids is 2. The molecule has 0 saturated heterocycles. The van der Waals surface area contributed by atoms with Crippen molar-refractivity contribution in [1.29, 1.82) is 0 Å². The van der Waals surface area contributed by atoms with Crippen LogP contribution in [-0.4, -0.2) is 25.7 Å². The van der Waals surface area contributed by atoms with Crippen LogP contribution in [0.25, 0.3) is 0 Å². The first-order chi connectivity index (χ1) is 7.22. The first-order valence-electron chi connectivity index (χ1n) is 4.61. The van der Waals surface area contributed by atoms with Crippen molar-refractivity contribution in [3.8, 4) is 0 Å². The number of hydrogen-bond acceptors (Lipinski definition) is 4. The van der Waals surface area contributed by atoms with E-state index in [2.05, 4.69) is 4.74 Å². The summed E-state index contributed by atoms with van der Waals surface area (Å²) >= 11 is 0. The molecule has 0 aromatic heterocycles. The molecule has 1 aromatic carbocycles. The van der Waals surface area contributed by atoms with E-state index >= 15 is 0 Å². The molecule has 0 amide bonds. The van der Waals surface area contributed by atoms with Crippen LogP contribution in [0, 0.1) is 0 Å². The number of methoxy groups -OCH3 is 1. The third-order valence-electron chi connectivity index (χ3n) is 2.35. The van der Waals surface area contributed by atoms with Crippen LogP contribution in [0.1, 0.15) is 26.3 Å². The predicted molar refractivity (Wildman–Crippen MR) is 51.8 cm³/mol. The molecule has 0 aliphatic carbocycles. The number of carbonyl (C=O) groups is 2. The summed E-state index contributed by atoms with van der Waals surface area (Å²) in [4.78, 5) is 22.5. The van der Waals surface area contributed by atoms with Gasteiger partial charge in [0.2, 0.25) is 0 Å². The molecule has 0 bridgehead atoms. The van der Waals surface area contributed by atoms with E-state index in [1.54, 1.807) is 18.2 Å². The lowest BCUT2D eigenvalue weighted by atomic mass is 10.00. The van der Waals surface area contributed by atoms with Gasteiger partial charge in [-0.15, -0.1) is 0 Å². The summed E-state index contributed by atoms with van der Waals surface area (Å²) in [6.45, 7) is 0.371. The van der Waals surface area contributed by atoms with Crippen LogP contribution in [0.3, 0.4) is 0 Å². The maximum Gasteiger partial charge on any atom is 0.338 e. The van der Waals surface area contributed by atoms with Crippen LogP contribution in [0.5, 0.6) is 0 Å². The van der Waals surface area contributed by atoms with Gasteiger partial charge >= 0.3 is 11.9 Å². The van der Waals surface area contributed by atoms with Crippen molar-refractivity contribution in [2.24, 2.45) is 0 Å². The summed E-state index contributed by atoms with van der Waals surface area (Å²) in [6.07, 6.45) is 0.645. The van der Waals surface area contributed by atoms with Crippen molar-refractivity contribution in [3.63, 3.8) is 0 Å². The molecule has 0 atom stereocenters. The third kappa shape index (κ3) is 1.70. The van der Waals surface area contributed by atoms with Crippen molar-refractivity contribution in [1.82, 2.24) is 0 Å². The summed E-state index contributed by atoms with van der Waals surface area (Å²) in [6, 6.07) is 4.85. The molecular formula is C11H10O4. The number of cyclic esters (lactones) is 1. The lowest BCUT2D eigenvalue weighted by molar-refractivity contribution is 0.0477. The van der Waals surface area contributed by atoms with E-state index in [0.29, 0.717) is 24.2 Å². The zero-order valence-electron chi connectivity index (χ0n) is 8.28. The normalized spacial score (nSPS) is 14.1. The average Bonchev–Trinajstić information content (AvgIpc) is 2.28. The highest BCUT2D eigenvalue weighted by molar-refractivity contribution is 5.95. The van der Waals surface area contributed by atoms with Crippen LogP contribution >= 0.6 is 0 Å². The second-order valence-corrected chi connectivity index (χ2v) is 3.25. The maximum atomic E-state index is 11.3. The summed E-state index contributed by atoms with van der Waals surface area (Å²) in [5.41, 5.74) is 1.84. The quantitative estimate of drug-likeness (QED) is 0.647. The number of hydrogen-bond donors (Lipinski definition) is 0. The van der Waals surface area contributed by atoms with E-state index in [4.69, 9.17) is 4.74 Å². The van der Waals surface area contributed by atoms with Crippen LogP contribution in [0.2, 0.25) is 0 Å². The first kappa shape index (κ1) is 9.71. The molecule has 0 radical (unpaired) electrons. The van der Waals surface area contributed by atoms with E-state index in [-0.39, 0.29) is 5.97 Å². The summed E-state index contributed by atoms with van der Waals surface area (Å²) in [5, 5.41) is 0. The van der Waals surface area contributed by atoms with Gasteiger partial charge in [0.25, 0.3) is 0 Å². The highest BCUT2D eigenvalue weighted by Gasteiger charge is 2.19. The van der Waals surface area contributed by atoms with Crippen molar-refractivity contribution >= 4 is 11.9 Å². The minimum atomic E-state index is -0.392. The number of benzene rings is 1. The zero-order valence-corrected chi connectivity index (χ0v) is 8.28. The Balaban J connectivity index is 2.41. The van der Waals surface area contributed by atoms with Crippen molar-refractivity contribution in [3.05, 3.63) is 34.9 Å². The van der Waals surface area contributed by atoms with Crippen LogP contribution in [-0.2, 0) is 15.9 Å². The Morgan fingerprint density at radius 2 is 2.27 bits per heavy atom. The van der Waals surface area contributed by atoms with Gasteiger partial charge in [-0.25, -0.2) is 9.59 Å². The fraction of sp³-hybridized carbons (Fsp3) is 0.273. The van der Waals surface area contributed by atoms with Crippen LogP contribution in [0.15, 0.2) is 18.2 Å². The lowest BCUT2D eigenvalue weighted by Gasteiger charge is -2.15. The predicted octanol–water partition coefficient (Wildman–Crippen LogP) is 1.19. The fourth-order valence-corrected chi connectivity index (χ4v) is 1.58. The molecule has 1 aliphatic heterocycles. The standard InChI is InChI=1S/C11H10O4/c1-14-10(12)8-2-3-9-7(6-8)4-5-15-11(9)13/h2-3,6H,4-5H2,1H3. The van der Waals surface area contributed by atoms with Gasteiger partial charge < -0.3 is 9.47 Å². The van der Waals surface area contributed by atoms with E-state index in [0.717, 1.165) is 5.56 Å². The summed E-state index contributed by atoms with van der Waals surface area (Å²) in [7, 11) is 1.33. The molecule has 78 valence electrons. The van der Waals surface area contributed by atoms with Crippen molar-refractivity contribution < 1.29 is 19.1 Å². The molecule has 0 fully saturated rings. The van der Waals surface area contributed by atoms with E-state index in [1.165, 1.54) is 7.11 Å². The largest absolute Gasteiger partial charge is 0.465 e. The molecule has 4 nitrogen and oxygen atoms in total. The van der Waals surface area contributed by atoms with Gasteiger partial charge in [-0.2, -0.15) is 0 Å². The van der Waals surface area contributed by atoms with Gasteiger partial charge in [0.1, 0.15) is 0 Å². The van der Waals surface area contributed by atoms with Crippen LogP contribution in [0.4, 0.5) is 0 Å². The second kappa shape index (κ2) is 3.73. The lowest BCUT2D eigenvalue weighted by Crippen LogP contribution is -2.18. The molecule has 4 heteroatoms. The molecule has 15 heavy (non-hydrogen) atoms. The van der Waals surface area contributed by atoms with E-state index < -0.39 is 5.97 Å². The molecule has 1 aromatic rings. The van der Waals surface area contributed by atoms with Gasteiger partial charge in [0.05, 0.1) is 24.8 Å². The number of rotatable bonds is 1. The minimum Gasteiger partial charge on any atom is -0.465 e. The minimum absolute atomic E-state index is 0.326. The Labute approximate surface area is 86.8 Å². The van der Waals surface area contributed by atoms with Gasteiger partial charge in [0.15, 0.2) is 0 Å². The molecule has 1 heterocycles. The van der Waals surface area contributed by atoms with E-state index in [9.17, 15) is 9.59 Å². The third-order valence-corrected chi connectivity index (χ3v) is 2.35. The van der Waals surface area contributed by atoms with Gasteiger partial charge in [-0.05, 0) is 23.8 Å². The molecule has 2 rings (SSSR count). The Morgan fingerprint density at radius 1 is 1.47 bits per heavy atom. The van der Waals surface area contributed by atoms with Crippen molar-refractivity contribution in [2.45, 2.75) is 6.42 Å². The molecule has 0 saturated carbocycles. The number of esters is 2. The molecule has 1 aliphatic rings. The molecular weight excluding hydrogens is 196 g/mol. The summed E-state index contributed by atoms with van der Waals surface area (Å²) in [5.74, 6) is -0.718. The average molecular weight is 206 g/mol. The monoisotopic (exact) mass is 206 g/mol. The van der Waals surface area contributed by atoms with Crippen molar-refractivity contribution in [2.75, 3.05) is 13.7 Å². The first-order valence-corrected chi connectivity index (χ1v) is 4.61. The zero-order chi connectivity index (χ0) is 10.8. The van der Waals surface area contributed by atoms with E-state index in [1.807, 2.05) is 0 Å².